The van der Waals surface area contributed by atoms with E-state index in [1.807, 2.05) is 23.1 Å². The van der Waals surface area contributed by atoms with E-state index in [1.54, 1.807) is 0 Å². The predicted octanol–water partition coefficient (Wildman–Crippen LogP) is 3.15. The van der Waals surface area contributed by atoms with Crippen LogP contribution in [0.4, 0.5) is 0 Å². The molecule has 16 heavy (non-hydrogen) atoms. The minimum Gasteiger partial charge on any atom is -0.362 e. The van der Waals surface area contributed by atoms with Gasteiger partial charge in [-0.15, -0.1) is 11.3 Å². The van der Waals surface area contributed by atoms with Gasteiger partial charge in [0, 0.05) is 29.1 Å². The molecule has 2 rings (SSSR count). The Bertz CT molecular complexity index is 334. The van der Waals surface area contributed by atoms with Crippen molar-refractivity contribution in [3.8, 4) is 0 Å². The molecule has 2 heterocycles. The summed E-state index contributed by atoms with van der Waals surface area (Å²) in [5, 5.41) is 7.39. The van der Waals surface area contributed by atoms with Gasteiger partial charge in [0.05, 0.1) is 0 Å². The molecule has 0 saturated carbocycles. The number of hydrogen-bond acceptors (Lipinski definition) is 3. The second kappa shape index (κ2) is 5.73. The zero-order valence-corrected chi connectivity index (χ0v) is 11.4. The van der Waals surface area contributed by atoms with Gasteiger partial charge in [-0.05, 0) is 24.8 Å². The van der Waals surface area contributed by atoms with E-state index in [2.05, 4.69) is 41.7 Å². The quantitative estimate of drug-likeness (QED) is 0.896. The summed E-state index contributed by atoms with van der Waals surface area (Å²) < 4.78 is 0. The van der Waals surface area contributed by atoms with Crippen LogP contribution in [0.15, 0.2) is 22.5 Å². The molecule has 0 aliphatic carbocycles. The molecule has 4 heteroatoms. The molecule has 0 aromatic carbocycles. The van der Waals surface area contributed by atoms with Crippen molar-refractivity contribution in [3.05, 3.63) is 22.4 Å². The summed E-state index contributed by atoms with van der Waals surface area (Å²) in [7, 11) is 0. The van der Waals surface area contributed by atoms with E-state index in [1.165, 1.54) is 11.3 Å². The summed E-state index contributed by atoms with van der Waals surface area (Å²) in [5.41, 5.74) is 0. The molecule has 1 aromatic rings. The molecular weight excluding hydrogens is 236 g/mol. The highest BCUT2D eigenvalue weighted by Crippen LogP contribution is 2.22. The largest absolute Gasteiger partial charge is 0.362 e. The van der Waals surface area contributed by atoms with Crippen molar-refractivity contribution in [1.82, 2.24) is 5.32 Å². The smallest absolute Gasteiger partial charge is 0.157 e. The standard InChI is InChI=1S/C12H18N2S2/c1-9-8-10(2)16-12(14-9)13-6-5-11-4-3-7-15-11/h3-4,7,9-10H,5-6,8H2,1-2H3,(H,13,14). The molecule has 1 N–H and O–H groups in total. The minimum absolute atomic E-state index is 0.566. The molecule has 0 bridgehead atoms. The maximum absolute atomic E-state index is 4.63. The monoisotopic (exact) mass is 254 g/mol. The number of amidine groups is 1. The fourth-order valence-electron chi connectivity index (χ4n) is 1.85. The van der Waals surface area contributed by atoms with Gasteiger partial charge in [-0.3, -0.25) is 4.99 Å². The van der Waals surface area contributed by atoms with E-state index >= 15 is 0 Å². The summed E-state index contributed by atoms with van der Waals surface area (Å²) in [6.45, 7) is 5.40. The molecule has 0 radical (unpaired) electrons. The van der Waals surface area contributed by atoms with Crippen LogP contribution in [-0.4, -0.2) is 23.0 Å². The normalized spacial score (nSPS) is 28.0. The molecule has 1 aliphatic rings. The van der Waals surface area contributed by atoms with Crippen LogP contribution >= 0.6 is 23.1 Å². The van der Waals surface area contributed by atoms with Crippen LogP contribution in [0.5, 0.6) is 0 Å². The Hall–Kier alpha value is -0.480. The van der Waals surface area contributed by atoms with Crippen LogP contribution in [0.25, 0.3) is 0 Å². The molecule has 1 fully saturated rings. The van der Waals surface area contributed by atoms with Crippen molar-refractivity contribution in [2.45, 2.75) is 38.0 Å². The Balaban J connectivity index is 1.82. The number of thioether (sulfide) groups is 1. The minimum atomic E-state index is 0.566. The van der Waals surface area contributed by atoms with Gasteiger partial charge in [0.25, 0.3) is 0 Å². The first-order chi connectivity index (χ1) is 7.74. The highest BCUT2D eigenvalue weighted by atomic mass is 32.2. The Labute approximate surface area is 106 Å². The fourth-order valence-corrected chi connectivity index (χ4v) is 3.74. The first-order valence-electron chi connectivity index (χ1n) is 5.74. The van der Waals surface area contributed by atoms with Crippen LogP contribution in [0, 0.1) is 0 Å². The van der Waals surface area contributed by atoms with Gasteiger partial charge < -0.3 is 5.32 Å². The maximum atomic E-state index is 4.63. The van der Waals surface area contributed by atoms with Gasteiger partial charge in [0.1, 0.15) is 0 Å². The van der Waals surface area contributed by atoms with Crippen molar-refractivity contribution in [1.29, 1.82) is 0 Å². The maximum Gasteiger partial charge on any atom is 0.157 e. The zero-order valence-electron chi connectivity index (χ0n) is 9.77. The molecule has 2 nitrogen and oxygen atoms in total. The second-order valence-corrected chi connectivity index (χ2v) is 6.69. The summed E-state index contributed by atoms with van der Waals surface area (Å²) in [6.07, 6.45) is 2.29. The summed E-state index contributed by atoms with van der Waals surface area (Å²) in [4.78, 5) is 6.06. The van der Waals surface area contributed by atoms with Gasteiger partial charge >= 0.3 is 0 Å². The van der Waals surface area contributed by atoms with E-state index < -0.39 is 0 Å². The Kier molecular flexibility index (Phi) is 4.29. The third-order valence-electron chi connectivity index (χ3n) is 2.56. The number of nitrogens with one attached hydrogen (secondary N) is 1. The molecule has 88 valence electrons. The van der Waals surface area contributed by atoms with E-state index in [4.69, 9.17) is 0 Å². The second-order valence-electron chi connectivity index (χ2n) is 4.23. The van der Waals surface area contributed by atoms with E-state index in [0.29, 0.717) is 11.3 Å². The average Bonchev–Trinajstić information content (AvgIpc) is 2.69. The van der Waals surface area contributed by atoms with Gasteiger partial charge in [0.15, 0.2) is 5.17 Å². The number of nitrogens with zero attached hydrogens (tertiary/aromatic N) is 1. The molecule has 2 unspecified atom stereocenters. The molecule has 1 aromatic heterocycles. The Morgan fingerprint density at radius 3 is 3.06 bits per heavy atom. The lowest BCUT2D eigenvalue weighted by Crippen LogP contribution is -2.38. The fraction of sp³-hybridized carbons (Fsp3) is 0.583. The van der Waals surface area contributed by atoms with Crippen molar-refractivity contribution in [2.24, 2.45) is 4.99 Å². The van der Waals surface area contributed by atoms with Gasteiger partial charge in [-0.1, -0.05) is 24.8 Å². The Morgan fingerprint density at radius 1 is 1.50 bits per heavy atom. The van der Waals surface area contributed by atoms with Crippen molar-refractivity contribution >= 4 is 28.3 Å². The van der Waals surface area contributed by atoms with Crippen LogP contribution in [0.1, 0.15) is 25.1 Å². The van der Waals surface area contributed by atoms with Gasteiger partial charge in [-0.2, -0.15) is 0 Å². The van der Waals surface area contributed by atoms with Crippen molar-refractivity contribution in [2.75, 3.05) is 6.54 Å². The van der Waals surface area contributed by atoms with Crippen LogP contribution < -0.4 is 5.32 Å². The number of rotatable bonds is 3. The first kappa shape index (κ1) is 12.0. The highest BCUT2D eigenvalue weighted by Gasteiger charge is 2.19. The third kappa shape index (κ3) is 3.52. The average molecular weight is 254 g/mol. The zero-order chi connectivity index (χ0) is 11.4. The number of hydrogen-bond donors (Lipinski definition) is 1. The molecule has 2 atom stereocenters. The lowest BCUT2D eigenvalue weighted by atomic mass is 10.2. The molecule has 0 amide bonds. The van der Waals surface area contributed by atoms with E-state index in [0.717, 1.165) is 18.1 Å². The molecular formula is C12H18N2S2. The number of aliphatic imine (C=N–C) groups is 1. The van der Waals surface area contributed by atoms with Crippen molar-refractivity contribution in [3.63, 3.8) is 0 Å². The summed E-state index contributed by atoms with van der Waals surface area (Å²) >= 11 is 3.68. The summed E-state index contributed by atoms with van der Waals surface area (Å²) in [5.74, 6) is 0. The summed E-state index contributed by atoms with van der Waals surface area (Å²) in [6, 6.07) is 4.85. The topological polar surface area (TPSA) is 24.4 Å². The van der Waals surface area contributed by atoms with E-state index in [-0.39, 0.29) is 0 Å². The highest BCUT2D eigenvalue weighted by molar-refractivity contribution is 8.14. The third-order valence-corrected chi connectivity index (χ3v) is 4.56. The number of thiophene rings is 1. The molecule has 0 spiro atoms. The van der Waals surface area contributed by atoms with Gasteiger partial charge in [-0.25, -0.2) is 0 Å². The van der Waals surface area contributed by atoms with Gasteiger partial charge in [0.2, 0.25) is 0 Å². The predicted molar refractivity (Wildman–Crippen MR) is 74.6 cm³/mol. The lowest BCUT2D eigenvalue weighted by molar-refractivity contribution is 0.597. The van der Waals surface area contributed by atoms with E-state index in [9.17, 15) is 0 Å². The molecule has 1 aliphatic heterocycles. The lowest BCUT2D eigenvalue weighted by Gasteiger charge is -2.26. The van der Waals surface area contributed by atoms with Crippen LogP contribution in [-0.2, 0) is 6.42 Å². The SMILES string of the molecule is CC1CC(C)SC(=NCCc2cccs2)N1. The first-order valence-corrected chi connectivity index (χ1v) is 7.50. The van der Waals surface area contributed by atoms with Crippen LogP contribution in [0.2, 0.25) is 0 Å². The molecule has 1 saturated heterocycles. The van der Waals surface area contributed by atoms with Crippen molar-refractivity contribution < 1.29 is 0 Å². The van der Waals surface area contributed by atoms with Crippen LogP contribution in [0.3, 0.4) is 0 Å². The Morgan fingerprint density at radius 2 is 2.38 bits per heavy atom.